The van der Waals surface area contributed by atoms with Crippen molar-refractivity contribution in [3.63, 3.8) is 0 Å². The summed E-state index contributed by atoms with van der Waals surface area (Å²) in [6.45, 7) is 0.448. The van der Waals surface area contributed by atoms with E-state index in [0.29, 0.717) is 39.9 Å². The first-order valence-electron chi connectivity index (χ1n) is 11.0. The van der Waals surface area contributed by atoms with Gasteiger partial charge in [-0.25, -0.2) is 0 Å². The van der Waals surface area contributed by atoms with Crippen molar-refractivity contribution in [1.82, 2.24) is 5.32 Å². The van der Waals surface area contributed by atoms with Gasteiger partial charge < -0.3 is 15.4 Å². The molecule has 0 spiro atoms. The van der Waals surface area contributed by atoms with E-state index in [-0.39, 0.29) is 16.9 Å². The van der Waals surface area contributed by atoms with E-state index < -0.39 is 0 Å². The Balaban J connectivity index is 1.26. The first-order valence-corrected chi connectivity index (χ1v) is 11.8. The first kappa shape index (κ1) is 24.9. The van der Waals surface area contributed by atoms with Gasteiger partial charge in [-0.1, -0.05) is 48.0 Å². The average Bonchev–Trinajstić information content (AvgIpc) is 2.89. The molecule has 2 amide bonds. The predicted octanol–water partition coefficient (Wildman–Crippen LogP) is 6.30. The van der Waals surface area contributed by atoms with E-state index in [0.717, 1.165) is 5.56 Å². The monoisotopic (exact) mass is 515 g/mol. The maximum Gasteiger partial charge on any atom is 0.257 e. The summed E-state index contributed by atoms with van der Waals surface area (Å²) in [5.74, 6) is 0.0589. The van der Waals surface area contributed by atoms with Crippen LogP contribution in [0.2, 0.25) is 5.02 Å². The van der Waals surface area contributed by atoms with Crippen LogP contribution < -0.4 is 20.7 Å². The standard InChI is InChI=1S/C28H22ClN3O3S/c29-22-8-4-7-21(17-22)27(34)30-23-11-13-24(14-12-23)31-28(36)32-26(33)20-9-15-25(16-10-20)35-18-19-5-2-1-3-6-19/h1-17H,18H2,(H,30,34)(H2,31,32,33,36). The molecule has 0 unspecified atom stereocenters. The number of nitrogens with one attached hydrogen (secondary N) is 3. The SMILES string of the molecule is O=C(NC(=S)Nc1ccc(NC(=O)c2cccc(Cl)c2)cc1)c1ccc(OCc2ccccc2)cc1. The molecular formula is C28H22ClN3O3S. The number of benzene rings is 4. The second kappa shape index (κ2) is 12.0. The van der Waals surface area contributed by atoms with Crippen LogP contribution in [0.1, 0.15) is 26.3 Å². The minimum atomic E-state index is -0.340. The van der Waals surface area contributed by atoms with E-state index in [1.807, 2.05) is 30.3 Å². The zero-order valence-corrected chi connectivity index (χ0v) is 20.6. The molecule has 3 N–H and O–H groups in total. The number of carbonyl (C=O) groups excluding carboxylic acids is 2. The third-order valence-electron chi connectivity index (χ3n) is 5.08. The number of amides is 2. The van der Waals surface area contributed by atoms with E-state index >= 15 is 0 Å². The van der Waals surface area contributed by atoms with Gasteiger partial charge in [-0.05, 0) is 84.5 Å². The lowest BCUT2D eigenvalue weighted by Gasteiger charge is -2.11. The number of carbonyl (C=O) groups is 2. The maximum absolute atomic E-state index is 12.5. The van der Waals surface area contributed by atoms with Crippen molar-refractivity contribution in [3.8, 4) is 5.75 Å². The van der Waals surface area contributed by atoms with Crippen LogP contribution in [0.3, 0.4) is 0 Å². The highest BCUT2D eigenvalue weighted by molar-refractivity contribution is 7.80. The molecule has 0 radical (unpaired) electrons. The Morgan fingerprint density at radius 1 is 0.722 bits per heavy atom. The lowest BCUT2D eigenvalue weighted by molar-refractivity contribution is 0.0976. The number of ether oxygens (including phenoxy) is 1. The van der Waals surface area contributed by atoms with Gasteiger partial charge in [0.1, 0.15) is 12.4 Å². The molecule has 4 rings (SSSR count). The number of hydrogen-bond donors (Lipinski definition) is 3. The van der Waals surface area contributed by atoms with E-state index in [1.54, 1.807) is 72.8 Å². The van der Waals surface area contributed by atoms with E-state index in [1.165, 1.54) is 0 Å². The lowest BCUT2D eigenvalue weighted by atomic mass is 10.2. The van der Waals surface area contributed by atoms with Gasteiger partial charge in [0, 0.05) is 27.5 Å². The number of rotatable bonds is 7. The van der Waals surface area contributed by atoms with Crippen molar-refractivity contribution in [1.29, 1.82) is 0 Å². The van der Waals surface area contributed by atoms with Crippen LogP contribution in [0.15, 0.2) is 103 Å². The molecule has 0 aliphatic heterocycles. The number of thiocarbonyl (C=S) groups is 1. The lowest BCUT2D eigenvalue weighted by Crippen LogP contribution is -2.34. The van der Waals surface area contributed by atoms with Crippen LogP contribution >= 0.6 is 23.8 Å². The van der Waals surface area contributed by atoms with Gasteiger partial charge in [0.15, 0.2) is 5.11 Å². The molecule has 0 saturated carbocycles. The molecule has 0 saturated heterocycles. The first-order chi connectivity index (χ1) is 17.5. The van der Waals surface area contributed by atoms with Gasteiger partial charge in [0.25, 0.3) is 11.8 Å². The summed E-state index contributed by atoms with van der Waals surface area (Å²) >= 11 is 11.2. The summed E-state index contributed by atoms with van der Waals surface area (Å²) in [6, 6.07) is 30.3. The molecular weight excluding hydrogens is 494 g/mol. The largest absolute Gasteiger partial charge is 0.489 e. The van der Waals surface area contributed by atoms with Crippen molar-refractivity contribution >= 4 is 52.1 Å². The highest BCUT2D eigenvalue weighted by atomic mass is 35.5. The quantitative estimate of drug-likeness (QED) is 0.252. The molecule has 0 heterocycles. The second-order valence-corrected chi connectivity index (χ2v) is 8.59. The van der Waals surface area contributed by atoms with E-state index in [4.69, 9.17) is 28.6 Å². The van der Waals surface area contributed by atoms with Crippen LogP contribution in [0.4, 0.5) is 11.4 Å². The van der Waals surface area contributed by atoms with Gasteiger partial charge in [-0.3, -0.25) is 14.9 Å². The topological polar surface area (TPSA) is 79.5 Å². The molecule has 0 atom stereocenters. The molecule has 0 fully saturated rings. The summed E-state index contributed by atoms with van der Waals surface area (Å²) < 4.78 is 5.75. The Labute approximate surface area is 219 Å². The third-order valence-corrected chi connectivity index (χ3v) is 5.52. The molecule has 4 aromatic rings. The van der Waals surface area contributed by atoms with Crippen molar-refractivity contribution in [2.24, 2.45) is 0 Å². The van der Waals surface area contributed by atoms with Gasteiger partial charge in [-0.15, -0.1) is 0 Å². The number of hydrogen-bond acceptors (Lipinski definition) is 4. The average molecular weight is 516 g/mol. The van der Waals surface area contributed by atoms with Gasteiger partial charge >= 0.3 is 0 Å². The van der Waals surface area contributed by atoms with Crippen LogP contribution in [-0.4, -0.2) is 16.9 Å². The fourth-order valence-corrected chi connectivity index (χ4v) is 3.65. The molecule has 0 aliphatic rings. The second-order valence-electron chi connectivity index (χ2n) is 7.75. The number of halogens is 1. The summed E-state index contributed by atoms with van der Waals surface area (Å²) in [5.41, 5.74) is 3.24. The van der Waals surface area contributed by atoms with Crippen molar-refractivity contribution in [3.05, 3.63) is 125 Å². The molecule has 6 nitrogen and oxygen atoms in total. The van der Waals surface area contributed by atoms with Gasteiger partial charge in [-0.2, -0.15) is 0 Å². The summed E-state index contributed by atoms with van der Waals surface area (Å²) in [4.78, 5) is 24.9. The fraction of sp³-hybridized carbons (Fsp3) is 0.0357. The molecule has 8 heteroatoms. The minimum Gasteiger partial charge on any atom is -0.489 e. The zero-order valence-electron chi connectivity index (χ0n) is 19.0. The molecule has 0 bridgehead atoms. The summed E-state index contributed by atoms with van der Waals surface area (Å²) in [6.07, 6.45) is 0. The summed E-state index contributed by atoms with van der Waals surface area (Å²) in [7, 11) is 0. The Morgan fingerprint density at radius 2 is 1.39 bits per heavy atom. The summed E-state index contributed by atoms with van der Waals surface area (Å²) in [5, 5.41) is 9.06. The Kier molecular flexibility index (Phi) is 8.28. The molecule has 36 heavy (non-hydrogen) atoms. The van der Waals surface area contributed by atoms with E-state index in [9.17, 15) is 9.59 Å². The van der Waals surface area contributed by atoms with Gasteiger partial charge in [0.2, 0.25) is 0 Å². The molecule has 4 aromatic carbocycles. The number of anilines is 2. The third kappa shape index (κ3) is 7.15. The van der Waals surface area contributed by atoms with Crippen molar-refractivity contribution in [2.75, 3.05) is 10.6 Å². The zero-order chi connectivity index (χ0) is 25.3. The normalized spacial score (nSPS) is 10.2. The molecule has 0 aromatic heterocycles. The smallest absolute Gasteiger partial charge is 0.257 e. The molecule has 0 aliphatic carbocycles. The van der Waals surface area contributed by atoms with Crippen LogP contribution in [0.5, 0.6) is 5.75 Å². The maximum atomic E-state index is 12.5. The van der Waals surface area contributed by atoms with Crippen molar-refractivity contribution in [2.45, 2.75) is 6.61 Å². The van der Waals surface area contributed by atoms with Crippen LogP contribution in [0, 0.1) is 0 Å². The highest BCUT2D eigenvalue weighted by Gasteiger charge is 2.10. The molecule has 180 valence electrons. The van der Waals surface area contributed by atoms with Crippen LogP contribution in [-0.2, 0) is 6.61 Å². The minimum absolute atomic E-state index is 0.153. The highest BCUT2D eigenvalue weighted by Crippen LogP contribution is 2.17. The predicted molar refractivity (Wildman–Crippen MR) is 147 cm³/mol. The Bertz CT molecular complexity index is 1360. The van der Waals surface area contributed by atoms with E-state index in [2.05, 4.69) is 16.0 Å². The van der Waals surface area contributed by atoms with Crippen molar-refractivity contribution < 1.29 is 14.3 Å². The Morgan fingerprint density at radius 3 is 2.06 bits per heavy atom. The fourth-order valence-electron chi connectivity index (χ4n) is 3.25. The van der Waals surface area contributed by atoms with Crippen LogP contribution in [0.25, 0.3) is 0 Å². The van der Waals surface area contributed by atoms with Gasteiger partial charge in [0.05, 0.1) is 0 Å². The Hall–Kier alpha value is -4.20.